The van der Waals surface area contributed by atoms with Crippen molar-refractivity contribution in [3.8, 4) is 34.5 Å². The van der Waals surface area contributed by atoms with Crippen LogP contribution in [0.1, 0.15) is 0 Å². The Morgan fingerprint density at radius 1 is 0.607 bits per heavy atom. The number of nitrogen functional groups attached to an aromatic ring is 2. The molecule has 3 aromatic rings. The van der Waals surface area contributed by atoms with Gasteiger partial charge < -0.3 is 31.2 Å². The summed E-state index contributed by atoms with van der Waals surface area (Å²) in [6.45, 7) is 0. The van der Waals surface area contributed by atoms with Gasteiger partial charge >= 0.3 is 0 Å². The molecule has 6 nitrogen and oxygen atoms in total. The van der Waals surface area contributed by atoms with Gasteiger partial charge in [0, 0.05) is 12.1 Å². The zero-order valence-electron chi connectivity index (χ0n) is 13.8. The summed E-state index contributed by atoms with van der Waals surface area (Å²) < 4.78 is 11.5. The number of halogens is 4. The molecule has 0 spiro atoms. The maximum absolute atomic E-state index is 9.56. The van der Waals surface area contributed by atoms with Gasteiger partial charge in [-0.05, 0) is 24.3 Å². The first kappa shape index (κ1) is 20.4. The van der Waals surface area contributed by atoms with E-state index in [-0.39, 0.29) is 66.0 Å². The average molecular weight is 462 g/mol. The smallest absolute Gasteiger partial charge is 0.191 e. The second-order valence-electron chi connectivity index (χ2n) is 5.56. The molecule has 6 N–H and O–H groups in total. The number of nitrogens with two attached hydrogens (primary N) is 2. The van der Waals surface area contributed by atoms with Gasteiger partial charge in [0.25, 0.3) is 0 Å². The van der Waals surface area contributed by atoms with E-state index in [2.05, 4.69) is 0 Å². The number of rotatable bonds is 4. The molecular weight excluding hydrogens is 450 g/mol. The third-order valence-electron chi connectivity index (χ3n) is 3.62. The van der Waals surface area contributed by atoms with E-state index < -0.39 is 0 Å². The summed E-state index contributed by atoms with van der Waals surface area (Å²) in [5, 5.41) is 19.0. The number of ether oxygens (including phenoxy) is 2. The lowest BCUT2D eigenvalue weighted by Crippen LogP contribution is -1.96. The van der Waals surface area contributed by atoms with E-state index in [4.69, 9.17) is 67.3 Å². The highest BCUT2D eigenvalue weighted by molar-refractivity contribution is 6.53. The molecule has 0 heterocycles. The maximum atomic E-state index is 9.56. The van der Waals surface area contributed by atoms with Gasteiger partial charge in [-0.15, -0.1) is 0 Å². The van der Waals surface area contributed by atoms with E-state index in [9.17, 15) is 10.2 Å². The molecule has 3 aromatic carbocycles. The Hall–Kier alpha value is -2.38. The minimum atomic E-state index is -0.110. The number of anilines is 2. The van der Waals surface area contributed by atoms with Crippen LogP contribution in [0.3, 0.4) is 0 Å². The van der Waals surface area contributed by atoms with E-state index in [1.165, 1.54) is 36.4 Å². The van der Waals surface area contributed by atoms with Gasteiger partial charge in [-0.2, -0.15) is 0 Å². The molecule has 28 heavy (non-hydrogen) atoms. The molecule has 0 bridgehead atoms. The molecule has 3 rings (SSSR count). The van der Waals surface area contributed by atoms with E-state index in [0.717, 1.165) is 0 Å². The zero-order valence-corrected chi connectivity index (χ0v) is 16.9. The van der Waals surface area contributed by atoms with Crippen molar-refractivity contribution in [1.29, 1.82) is 0 Å². The highest BCUT2D eigenvalue weighted by Gasteiger charge is 2.24. The molecule has 0 aliphatic rings. The Morgan fingerprint density at radius 3 is 1.29 bits per heavy atom. The summed E-state index contributed by atoms with van der Waals surface area (Å²) in [5.41, 5.74) is 11.5. The van der Waals surface area contributed by atoms with Crippen LogP contribution in [0.4, 0.5) is 11.4 Å². The van der Waals surface area contributed by atoms with Crippen LogP contribution in [-0.4, -0.2) is 10.2 Å². The van der Waals surface area contributed by atoms with Crippen molar-refractivity contribution in [3.63, 3.8) is 0 Å². The first-order valence-electron chi connectivity index (χ1n) is 7.57. The van der Waals surface area contributed by atoms with Gasteiger partial charge in [0.05, 0.1) is 21.4 Å². The van der Waals surface area contributed by atoms with Crippen molar-refractivity contribution in [1.82, 2.24) is 0 Å². The van der Waals surface area contributed by atoms with Gasteiger partial charge in [0.1, 0.15) is 33.0 Å². The molecule has 0 aliphatic carbocycles. The van der Waals surface area contributed by atoms with Crippen molar-refractivity contribution in [2.45, 2.75) is 0 Å². The lowest BCUT2D eigenvalue weighted by atomic mass is 10.2. The van der Waals surface area contributed by atoms with Crippen molar-refractivity contribution in [2.24, 2.45) is 0 Å². The molecule has 0 saturated carbocycles. The van der Waals surface area contributed by atoms with E-state index in [1.807, 2.05) is 0 Å². The summed E-state index contributed by atoms with van der Waals surface area (Å²) in [4.78, 5) is 0. The number of hydrogen-bond donors (Lipinski definition) is 4. The molecule has 0 saturated heterocycles. The molecule has 0 fully saturated rings. The minimum Gasteiger partial charge on any atom is -0.506 e. The number of phenolic OH excluding ortho intramolecular Hbond substituents is 2. The van der Waals surface area contributed by atoms with Gasteiger partial charge in [0.15, 0.2) is 11.5 Å². The van der Waals surface area contributed by atoms with Crippen molar-refractivity contribution >= 4 is 57.8 Å². The fourth-order valence-corrected chi connectivity index (χ4v) is 3.10. The Bertz CT molecular complexity index is 992. The third kappa shape index (κ3) is 3.91. The van der Waals surface area contributed by atoms with Crippen molar-refractivity contribution in [3.05, 3.63) is 56.5 Å². The number of benzene rings is 3. The van der Waals surface area contributed by atoms with Crippen LogP contribution < -0.4 is 20.9 Å². The van der Waals surface area contributed by atoms with Crippen LogP contribution in [0.15, 0.2) is 36.4 Å². The van der Waals surface area contributed by atoms with E-state index in [0.29, 0.717) is 0 Å². The Morgan fingerprint density at radius 2 is 0.964 bits per heavy atom. The fourth-order valence-electron chi connectivity index (χ4n) is 2.20. The first-order valence-corrected chi connectivity index (χ1v) is 9.08. The highest BCUT2D eigenvalue weighted by atomic mass is 35.5. The molecule has 0 amide bonds. The average Bonchev–Trinajstić information content (AvgIpc) is 2.66. The summed E-state index contributed by atoms with van der Waals surface area (Å²) in [6.07, 6.45) is 0. The molecule has 10 heteroatoms. The highest BCUT2D eigenvalue weighted by Crippen LogP contribution is 2.53. The zero-order chi connectivity index (χ0) is 20.6. The van der Waals surface area contributed by atoms with Crippen LogP contribution in [0.2, 0.25) is 20.1 Å². The van der Waals surface area contributed by atoms with Crippen LogP contribution >= 0.6 is 46.4 Å². The van der Waals surface area contributed by atoms with E-state index >= 15 is 0 Å². The number of phenols is 2. The Balaban J connectivity index is 2.11. The molecule has 0 atom stereocenters. The minimum absolute atomic E-state index is 0.0298. The van der Waals surface area contributed by atoms with Crippen LogP contribution in [0, 0.1) is 0 Å². The monoisotopic (exact) mass is 460 g/mol. The largest absolute Gasteiger partial charge is 0.506 e. The maximum Gasteiger partial charge on any atom is 0.191 e. The van der Waals surface area contributed by atoms with E-state index in [1.54, 1.807) is 0 Å². The standard InChI is InChI=1S/C18H12Cl4N2O4/c19-13-14(20)16(22)18(28-8-2-4-12(26)10(24)6-8)17(15(13)21)27-7-1-3-11(25)9(23)5-7/h1-6,25-26H,23-24H2. The van der Waals surface area contributed by atoms with Gasteiger partial charge in [-0.1, -0.05) is 46.4 Å². The van der Waals surface area contributed by atoms with Gasteiger partial charge in [-0.25, -0.2) is 0 Å². The van der Waals surface area contributed by atoms with Crippen LogP contribution in [0.5, 0.6) is 34.5 Å². The van der Waals surface area contributed by atoms with Crippen molar-refractivity contribution in [2.75, 3.05) is 11.5 Å². The summed E-state index contributed by atoms with van der Waals surface area (Å²) in [5.74, 6) is 0.197. The van der Waals surface area contributed by atoms with Gasteiger partial charge in [0.2, 0.25) is 0 Å². The quantitative estimate of drug-likeness (QED) is 0.153. The second kappa shape index (κ2) is 7.93. The van der Waals surface area contributed by atoms with Gasteiger partial charge in [-0.3, -0.25) is 0 Å². The fraction of sp³-hybridized carbons (Fsp3) is 0. The molecule has 0 radical (unpaired) electrons. The predicted octanol–water partition coefficient (Wildman–Crippen LogP) is 6.46. The molecular formula is C18H12Cl4N2O4. The normalized spacial score (nSPS) is 10.7. The predicted molar refractivity (Wildman–Crippen MR) is 112 cm³/mol. The summed E-state index contributed by atoms with van der Waals surface area (Å²) in [7, 11) is 0. The van der Waals surface area contributed by atoms with Crippen molar-refractivity contribution < 1.29 is 19.7 Å². The topological polar surface area (TPSA) is 111 Å². The summed E-state index contributed by atoms with van der Waals surface area (Å²) in [6, 6.07) is 8.37. The molecule has 0 aromatic heterocycles. The lowest BCUT2D eigenvalue weighted by Gasteiger charge is -2.18. The Labute approximate surface area is 179 Å². The number of aromatic hydroxyl groups is 2. The molecule has 146 valence electrons. The second-order valence-corrected chi connectivity index (χ2v) is 7.07. The molecule has 0 unspecified atom stereocenters. The SMILES string of the molecule is Nc1cc(Oc2c(Cl)c(Cl)c(Cl)c(Cl)c2Oc2ccc(O)c(N)c2)ccc1O. The third-order valence-corrected chi connectivity index (χ3v) is 5.39. The molecule has 0 aliphatic heterocycles. The summed E-state index contributed by atoms with van der Waals surface area (Å²) >= 11 is 24.8. The van der Waals surface area contributed by atoms with Crippen LogP contribution in [-0.2, 0) is 0 Å². The first-order chi connectivity index (χ1) is 13.2. The Kier molecular flexibility index (Phi) is 5.76. The lowest BCUT2D eigenvalue weighted by molar-refractivity contribution is 0.417. The number of hydrogen-bond acceptors (Lipinski definition) is 6. The van der Waals surface area contributed by atoms with Crippen LogP contribution in [0.25, 0.3) is 0 Å².